The predicted molar refractivity (Wildman–Crippen MR) is 59.4 cm³/mol. The van der Waals surface area contributed by atoms with Gasteiger partial charge in [-0.1, -0.05) is 0 Å². The van der Waals surface area contributed by atoms with Crippen molar-refractivity contribution in [2.75, 3.05) is 20.2 Å². The van der Waals surface area contributed by atoms with Crippen molar-refractivity contribution in [1.82, 2.24) is 4.90 Å². The molecule has 1 rings (SSSR count). The summed E-state index contributed by atoms with van der Waals surface area (Å²) in [5.41, 5.74) is 5.65. The van der Waals surface area contributed by atoms with E-state index in [0.717, 1.165) is 19.4 Å². The van der Waals surface area contributed by atoms with Gasteiger partial charge < -0.3 is 15.4 Å². The number of amides is 1. The molecule has 1 aliphatic rings. The van der Waals surface area contributed by atoms with E-state index in [2.05, 4.69) is 0 Å². The molecular formula is C11H22N2O2. The molecule has 1 amide bonds. The number of nitrogens with zero attached hydrogens (tertiary/aromatic N) is 1. The Morgan fingerprint density at radius 2 is 2.33 bits per heavy atom. The molecule has 0 aromatic rings. The molecular weight excluding hydrogens is 192 g/mol. The van der Waals surface area contributed by atoms with Crippen LogP contribution in [0.3, 0.4) is 0 Å². The first-order valence-electron chi connectivity index (χ1n) is 5.63. The Hall–Kier alpha value is -0.610. The number of carbonyl (C=O) groups is 1. The van der Waals surface area contributed by atoms with E-state index in [0.29, 0.717) is 6.61 Å². The van der Waals surface area contributed by atoms with Crippen molar-refractivity contribution in [3.63, 3.8) is 0 Å². The van der Waals surface area contributed by atoms with E-state index in [1.807, 2.05) is 20.9 Å². The molecule has 0 aromatic carbocycles. The van der Waals surface area contributed by atoms with Gasteiger partial charge in [-0.15, -0.1) is 0 Å². The van der Waals surface area contributed by atoms with Gasteiger partial charge in [0.2, 0.25) is 5.91 Å². The van der Waals surface area contributed by atoms with E-state index >= 15 is 0 Å². The number of rotatable bonds is 4. The van der Waals surface area contributed by atoms with E-state index in [1.54, 1.807) is 4.90 Å². The van der Waals surface area contributed by atoms with Crippen molar-refractivity contribution < 1.29 is 9.53 Å². The van der Waals surface area contributed by atoms with Crippen LogP contribution in [0.1, 0.15) is 26.7 Å². The van der Waals surface area contributed by atoms with Gasteiger partial charge in [0.05, 0.1) is 18.6 Å². The molecule has 2 N–H and O–H groups in total. The van der Waals surface area contributed by atoms with Gasteiger partial charge in [-0.3, -0.25) is 4.79 Å². The molecule has 0 radical (unpaired) electrons. The summed E-state index contributed by atoms with van der Waals surface area (Å²) in [6.45, 7) is 5.28. The number of hydrogen-bond donors (Lipinski definition) is 1. The summed E-state index contributed by atoms with van der Waals surface area (Å²) in [6.07, 6.45) is 1.92. The second-order valence-electron chi connectivity index (χ2n) is 4.60. The quantitative estimate of drug-likeness (QED) is 0.746. The summed E-state index contributed by atoms with van der Waals surface area (Å²) in [4.78, 5) is 13.7. The van der Waals surface area contributed by atoms with E-state index in [9.17, 15) is 4.79 Å². The van der Waals surface area contributed by atoms with Crippen LogP contribution in [0.15, 0.2) is 0 Å². The van der Waals surface area contributed by atoms with Crippen LogP contribution in [0.4, 0.5) is 0 Å². The number of nitrogens with two attached hydrogens (primary N) is 1. The first kappa shape index (κ1) is 12.5. The van der Waals surface area contributed by atoms with Crippen LogP contribution < -0.4 is 5.73 Å². The van der Waals surface area contributed by atoms with Crippen LogP contribution in [-0.4, -0.2) is 43.2 Å². The lowest BCUT2D eigenvalue weighted by Gasteiger charge is -2.21. The Balaban J connectivity index is 2.32. The van der Waals surface area contributed by atoms with Crippen LogP contribution >= 0.6 is 0 Å². The van der Waals surface area contributed by atoms with Gasteiger partial charge in [0, 0.05) is 19.6 Å². The van der Waals surface area contributed by atoms with Crippen molar-refractivity contribution >= 4 is 5.91 Å². The number of ether oxygens (including phenoxy) is 1. The molecule has 0 spiro atoms. The molecule has 1 aliphatic heterocycles. The second-order valence-corrected chi connectivity index (χ2v) is 4.60. The maximum absolute atomic E-state index is 11.9. The van der Waals surface area contributed by atoms with E-state index in [-0.39, 0.29) is 24.0 Å². The van der Waals surface area contributed by atoms with Crippen LogP contribution in [0.25, 0.3) is 0 Å². The van der Waals surface area contributed by atoms with Crippen molar-refractivity contribution in [3.05, 3.63) is 0 Å². The summed E-state index contributed by atoms with van der Waals surface area (Å²) >= 11 is 0. The molecule has 3 unspecified atom stereocenters. The van der Waals surface area contributed by atoms with Gasteiger partial charge >= 0.3 is 0 Å². The minimum Gasteiger partial charge on any atom is -0.378 e. The fraction of sp³-hybridized carbons (Fsp3) is 0.909. The normalized spacial score (nSPS) is 27.7. The first-order chi connectivity index (χ1) is 7.00. The Labute approximate surface area is 91.8 Å². The molecule has 0 aliphatic carbocycles. The smallest absolute Gasteiger partial charge is 0.227 e. The summed E-state index contributed by atoms with van der Waals surface area (Å²) in [7, 11) is 1.84. The molecule has 0 bridgehead atoms. The molecule has 1 heterocycles. The lowest BCUT2D eigenvalue weighted by molar-refractivity contribution is -0.134. The summed E-state index contributed by atoms with van der Waals surface area (Å²) in [6, 6.07) is 0.152. The molecule has 3 atom stereocenters. The van der Waals surface area contributed by atoms with E-state index in [4.69, 9.17) is 10.5 Å². The molecule has 88 valence electrons. The van der Waals surface area contributed by atoms with Gasteiger partial charge in [0.25, 0.3) is 0 Å². The fourth-order valence-corrected chi connectivity index (χ4v) is 1.81. The Bertz CT molecular complexity index is 219. The highest BCUT2D eigenvalue weighted by Crippen LogP contribution is 2.20. The standard InChI is InChI=1S/C11H22N2O2/c1-8(12)4-5-13(3)11(14)10-6-9(2)15-7-10/h8-10H,4-7,12H2,1-3H3. The lowest BCUT2D eigenvalue weighted by Crippen LogP contribution is -2.36. The average molecular weight is 214 g/mol. The largest absolute Gasteiger partial charge is 0.378 e. The van der Waals surface area contributed by atoms with Crippen LogP contribution in [-0.2, 0) is 9.53 Å². The van der Waals surface area contributed by atoms with Crippen molar-refractivity contribution in [2.45, 2.75) is 38.8 Å². The first-order valence-corrected chi connectivity index (χ1v) is 5.63. The van der Waals surface area contributed by atoms with Gasteiger partial charge in [-0.25, -0.2) is 0 Å². The molecule has 1 fully saturated rings. The van der Waals surface area contributed by atoms with Crippen LogP contribution in [0.2, 0.25) is 0 Å². The van der Waals surface area contributed by atoms with Gasteiger partial charge in [0.15, 0.2) is 0 Å². The minimum atomic E-state index is 0.0538. The highest BCUT2D eigenvalue weighted by Gasteiger charge is 2.30. The summed E-state index contributed by atoms with van der Waals surface area (Å²) < 4.78 is 5.39. The van der Waals surface area contributed by atoms with Crippen LogP contribution in [0, 0.1) is 5.92 Å². The third-order valence-corrected chi connectivity index (χ3v) is 2.84. The number of carbonyl (C=O) groups excluding carboxylic acids is 1. The third kappa shape index (κ3) is 3.80. The van der Waals surface area contributed by atoms with Crippen molar-refractivity contribution in [2.24, 2.45) is 11.7 Å². The summed E-state index contributed by atoms with van der Waals surface area (Å²) in [5.74, 6) is 0.248. The molecule has 4 nitrogen and oxygen atoms in total. The minimum absolute atomic E-state index is 0.0538. The zero-order valence-corrected chi connectivity index (χ0v) is 9.90. The Morgan fingerprint density at radius 3 is 2.80 bits per heavy atom. The van der Waals surface area contributed by atoms with Gasteiger partial charge in [-0.05, 0) is 26.7 Å². The molecule has 0 saturated carbocycles. The Kier molecular flexibility index (Phi) is 4.54. The van der Waals surface area contributed by atoms with Gasteiger partial charge in [0.1, 0.15) is 0 Å². The zero-order valence-electron chi connectivity index (χ0n) is 9.90. The average Bonchev–Trinajstić information content (AvgIpc) is 2.60. The number of hydrogen-bond acceptors (Lipinski definition) is 3. The molecule has 15 heavy (non-hydrogen) atoms. The highest BCUT2D eigenvalue weighted by atomic mass is 16.5. The van der Waals surface area contributed by atoms with E-state index < -0.39 is 0 Å². The van der Waals surface area contributed by atoms with Crippen molar-refractivity contribution in [1.29, 1.82) is 0 Å². The Morgan fingerprint density at radius 1 is 1.67 bits per heavy atom. The third-order valence-electron chi connectivity index (χ3n) is 2.84. The highest BCUT2D eigenvalue weighted by molar-refractivity contribution is 5.79. The predicted octanol–water partition coefficient (Wildman–Crippen LogP) is 0.607. The maximum Gasteiger partial charge on any atom is 0.227 e. The van der Waals surface area contributed by atoms with Gasteiger partial charge in [-0.2, -0.15) is 0 Å². The molecule has 0 aromatic heterocycles. The summed E-state index contributed by atoms with van der Waals surface area (Å²) in [5, 5.41) is 0. The fourth-order valence-electron chi connectivity index (χ4n) is 1.81. The zero-order chi connectivity index (χ0) is 11.4. The van der Waals surface area contributed by atoms with E-state index in [1.165, 1.54) is 0 Å². The monoisotopic (exact) mass is 214 g/mol. The molecule has 1 saturated heterocycles. The topological polar surface area (TPSA) is 55.6 Å². The molecule has 4 heteroatoms. The maximum atomic E-state index is 11.9. The second kappa shape index (κ2) is 5.47. The van der Waals surface area contributed by atoms with Crippen LogP contribution in [0.5, 0.6) is 0 Å². The lowest BCUT2D eigenvalue weighted by atomic mass is 10.0. The van der Waals surface area contributed by atoms with Crippen molar-refractivity contribution in [3.8, 4) is 0 Å². The SMILES string of the molecule is CC(N)CCN(C)C(=O)C1COC(C)C1.